The zero-order valence-electron chi connectivity index (χ0n) is 10.8. The molecule has 2 heteroatoms. The molecule has 2 saturated carbocycles. The number of rotatable bonds is 6. The van der Waals surface area contributed by atoms with Gasteiger partial charge in [0.05, 0.1) is 0 Å². The first kappa shape index (κ1) is 12.8. The van der Waals surface area contributed by atoms with Crippen molar-refractivity contribution in [3.63, 3.8) is 0 Å². The van der Waals surface area contributed by atoms with Crippen molar-refractivity contribution < 1.29 is 0 Å². The van der Waals surface area contributed by atoms with Crippen molar-refractivity contribution in [2.75, 3.05) is 11.5 Å². The Kier molecular flexibility index (Phi) is 4.60. The second kappa shape index (κ2) is 5.77. The van der Waals surface area contributed by atoms with E-state index in [0.717, 1.165) is 23.7 Å². The first-order valence-corrected chi connectivity index (χ1v) is 8.14. The molecule has 4 atom stereocenters. The summed E-state index contributed by atoms with van der Waals surface area (Å²) in [4.78, 5) is 0. The van der Waals surface area contributed by atoms with E-state index < -0.39 is 0 Å². The van der Waals surface area contributed by atoms with Crippen molar-refractivity contribution in [3.8, 4) is 0 Å². The molecule has 0 aromatic heterocycles. The molecule has 0 radical (unpaired) electrons. The van der Waals surface area contributed by atoms with Crippen molar-refractivity contribution in [1.29, 1.82) is 0 Å². The molecule has 4 unspecified atom stereocenters. The van der Waals surface area contributed by atoms with Crippen LogP contribution in [0.2, 0.25) is 0 Å². The van der Waals surface area contributed by atoms with Crippen molar-refractivity contribution >= 4 is 11.8 Å². The molecule has 0 heterocycles. The van der Waals surface area contributed by atoms with E-state index in [1.54, 1.807) is 0 Å². The van der Waals surface area contributed by atoms with Gasteiger partial charge < -0.3 is 5.73 Å². The van der Waals surface area contributed by atoms with E-state index in [1.807, 2.05) is 11.8 Å². The van der Waals surface area contributed by atoms with Crippen molar-refractivity contribution in [2.24, 2.45) is 29.4 Å². The molecule has 2 bridgehead atoms. The predicted molar refractivity (Wildman–Crippen MR) is 73.7 cm³/mol. The van der Waals surface area contributed by atoms with Gasteiger partial charge >= 0.3 is 0 Å². The SMILES string of the molecule is CC(C)CSCC(N)CC1CC2CCC1C2. The Balaban J connectivity index is 1.62. The van der Waals surface area contributed by atoms with Gasteiger partial charge in [0.2, 0.25) is 0 Å². The molecule has 2 fully saturated rings. The van der Waals surface area contributed by atoms with Gasteiger partial charge in [-0.15, -0.1) is 0 Å². The molecule has 0 amide bonds. The standard InChI is InChI=1S/C14H27NS/c1-10(2)8-16-9-14(15)7-13-6-11-3-4-12(13)5-11/h10-14H,3-9,15H2,1-2H3. The number of hydrogen-bond donors (Lipinski definition) is 1. The summed E-state index contributed by atoms with van der Waals surface area (Å²) in [6.45, 7) is 4.57. The smallest absolute Gasteiger partial charge is 0.0133 e. The van der Waals surface area contributed by atoms with Crippen LogP contribution in [0, 0.1) is 23.7 Å². The Hall–Kier alpha value is 0.310. The summed E-state index contributed by atoms with van der Waals surface area (Å²) in [6, 6.07) is 0.452. The molecule has 0 aromatic rings. The second-order valence-electron chi connectivity index (χ2n) is 6.36. The average molecular weight is 241 g/mol. The molecule has 94 valence electrons. The zero-order valence-corrected chi connectivity index (χ0v) is 11.6. The predicted octanol–water partition coefficient (Wildman–Crippen LogP) is 3.53. The van der Waals surface area contributed by atoms with Gasteiger partial charge in [-0.3, -0.25) is 0 Å². The largest absolute Gasteiger partial charge is 0.327 e. The van der Waals surface area contributed by atoms with Gasteiger partial charge in [0.15, 0.2) is 0 Å². The number of nitrogens with two attached hydrogens (primary N) is 1. The zero-order chi connectivity index (χ0) is 11.5. The van der Waals surface area contributed by atoms with Gasteiger partial charge in [-0.05, 0) is 55.1 Å². The molecule has 16 heavy (non-hydrogen) atoms. The highest BCUT2D eigenvalue weighted by molar-refractivity contribution is 7.99. The summed E-state index contributed by atoms with van der Waals surface area (Å²) in [7, 11) is 0. The Labute approximate surface area is 105 Å². The van der Waals surface area contributed by atoms with Crippen LogP contribution in [-0.2, 0) is 0 Å². The van der Waals surface area contributed by atoms with Crippen LogP contribution in [0.4, 0.5) is 0 Å². The van der Waals surface area contributed by atoms with E-state index in [9.17, 15) is 0 Å². The Morgan fingerprint density at radius 3 is 2.56 bits per heavy atom. The van der Waals surface area contributed by atoms with Crippen molar-refractivity contribution in [3.05, 3.63) is 0 Å². The average Bonchev–Trinajstić information content (AvgIpc) is 2.78. The van der Waals surface area contributed by atoms with Crippen LogP contribution >= 0.6 is 11.8 Å². The third-order valence-corrected chi connectivity index (χ3v) is 5.84. The molecule has 0 aromatic carbocycles. The Bertz CT molecular complexity index is 217. The first-order chi connectivity index (χ1) is 7.65. The summed E-state index contributed by atoms with van der Waals surface area (Å²) in [5.41, 5.74) is 6.25. The van der Waals surface area contributed by atoms with Gasteiger partial charge in [0.25, 0.3) is 0 Å². The molecule has 2 N–H and O–H groups in total. The summed E-state index contributed by atoms with van der Waals surface area (Å²) < 4.78 is 0. The van der Waals surface area contributed by atoms with E-state index in [1.165, 1.54) is 43.6 Å². The van der Waals surface area contributed by atoms with Gasteiger partial charge in [0, 0.05) is 11.8 Å². The van der Waals surface area contributed by atoms with E-state index in [0.29, 0.717) is 6.04 Å². The van der Waals surface area contributed by atoms with Crippen LogP contribution in [0.5, 0.6) is 0 Å². The van der Waals surface area contributed by atoms with Crippen molar-refractivity contribution in [2.45, 2.75) is 52.0 Å². The molecule has 2 aliphatic rings. The van der Waals surface area contributed by atoms with Crippen LogP contribution in [-0.4, -0.2) is 17.5 Å². The highest BCUT2D eigenvalue weighted by Crippen LogP contribution is 2.49. The van der Waals surface area contributed by atoms with Gasteiger partial charge in [0.1, 0.15) is 0 Å². The molecule has 1 nitrogen and oxygen atoms in total. The van der Waals surface area contributed by atoms with E-state index in [4.69, 9.17) is 5.73 Å². The highest BCUT2D eigenvalue weighted by Gasteiger charge is 2.39. The second-order valence-corrected chi connectivity index (χ2v) is 7.44. The van der Waals surface area contributed by atoms with Crippen LogP contribution in [0.25, 0.3) is 0 Å². The summed E-state index contributed by atoms with van der Waals surface area (Å²) >= 11 is 2.05. The molecule has 2 aliphatic carbocycles. The van der Waals surface area contributed by atoms with Crippen LogP contribution in [0.1, 0.15) is 46.0 Å². The van der Waals surface area contributed by atoms with E-state index in [2.05, 4.69) is 13.8 Å². The maximum absolute atomic E-state index is 6.25. The van der Waals surface area contributed by atoms with Crippen LogP contribution in [0.3, 0.4) is 0 Å². The monoisotopic (exact) mass is 241 g/mol. The van der Waals surface area contributed by atoms with Gasteiger partial charge in [-0.25, -0.2) is 0 Å². The maximum Gasteiger partial charge on any atom is 0.0133 e. The van der Waals surface area contributed by atoms with E-state index >= 15 is 0 Å². The molecular formula is C14H27NS. The topological polar surface area (TPSA) is 26.0 Å². The lowest BCUT2D eigenvalue weighted by molar-refractivity contribution is 0.301. The lowest BCUT2D eigenvalue weighted by Crippen LogP contribution is -2.28. The third kappa shape index (κ3) is 3.40. The molecule has 0 saturated heterocycles. The first-order valence-electron chi connectivity index (χ1n) is 6.98. The van der Waals surface area contributed by atoms with Gasteiger partial charge in [-0.2, -0.15) is 11.8 Å². The number of fused-ring (bicyclic) bond motifs is 2. The molecule has 0 aliphatic heterocycles. The normalized spacial score (nSPS) is 34.9. The summed E-state index contributed by atoms with van der Waals surface area (Å²) in [5.74, 6) is 6.35. The molecule has 2 rings (SSSR count). The number of thioether (sulfide) groups is 1. The molecule has 0 spiro atoms. The summed E-state index contributed by atoms with van der Waals surface area (Å²) in [5, 5.41) is 0. The van der Waals surface area contributed by atoms with Crippen molar-refractivity contribution in [1.82, 2.24) is 0 Å². The Morgan fingerprint density at radius 1 is 1.19 bits per heavy atom. The fourth-order valence-electron chi connectivity index (χ4n) is 3.58. The Morgan fingerprint density at radius 2 is 2.00 bits per heavy atom. The number of hydrogen-bond acceptors (Lipinski definition) is 2. The minimum absolute atomic E-state index is 0.452. The minimum Gasteiger partial charge on any atom is -0.327 e. The fourth-order valence-corrected chi connectivity index (χ4v) is 4.62. The maximum atomic E-state index is 6.25. The van der Waals surface area contributed by atoms with Crippen LogP contribution < -0.4 is 5.73 Å². The summed E-state index contributed by atoms with van der Waals surface area (Å²) in [6.07, 6.45) is 7.33. The quantitative estimate of drug-likeness (QED) is 0.770. The third-order valence-electron chi connectivity index (χ3n) is 4.27. The lowest BCUT2D eigenvalue weighted by atomic mass is 9.85. The highest BCUT2D eigenvalue weighted by atomic mass is 32.2. The van der Waals surface area contributed by atoms with Gasteiger partial charge in [-0.1, -0.05) is 20.3 Å². The van der Waals surface area contributed by atoms with Crippen LogP contribution in [0.15, 0.2) is 0 Å². The van der Waals surface area contributed by atoms with E-state index in [-0.39, 0.29) is 0 Å². The lowest BCUT2D eigenvalue weighted by Gasteiger charge is -2.24. The fraction of sp³-hybridized carbons (Fsp3) is 1.00. The molecular weight excluding hydrogens is 214 g/mol. The minimum atomic E-state index is 0.452.